The number of halogens is 3. The van der Waals surface area contributed by atoms with Gasteiger partial charge < -0.3 is 10.1 Å². The van der Waals surface area contributed by atoms with Crippen molar-refractivity contribution in [3.63, 3.8) is 0 Å². The summed E-state index contributed by atoms with van der Waals surface area (Å²) in [6.07, 6.45) is -0.436. The van der Waals surface area contributed by atoms with Gasteiger partial charge in [-0.15, -0.1) is 0 Å². The molecule has 17 heavy (non-hydrogen) atoms. The van der Waals surface area contributed by atoms with Crippen LogP contribution in [0.5, 0.6) is 0 Å². The lowest BCUT2D eigenvalue weighted by molar-refractivity contribution is -0.174. The zero-order chi connectivity index (χ0) is 13.1. The quantitative estimate of drug-likeness (QED) is 0.604. The molecule has 0 aliphatic carbocycles. The highest BCUT2D eigenvalue weighted by molar-refractivity contribution is 4.52. The largest absolute Gasteiger partial charge is 0.411 e. The maximum absolute atomic E-state index is 11.7. The van der Waals surface area contributed by atoms with Gasteiger partial charge in [-0.25, -0.2) is 0 Å². The maximum atomic E-state index is 11.7. The Morgan fingerprint density at radius 2 is 1.71 bits per heavy atom. The highest BCUT2D eigenvalue weighted by Gasteiger charge is 2.26. The first-order chi connectivity index (χ1) is 7.92. The average Bonchev–Trinajstić information content (AvgIpc) is 2.18. The van der Waals surface area contributed by atoms with E-state index in [-0.39, 0.29) is 6.61 Å². The lowest BCUT2D eigenvalue weighted by Crippen LogP contribution is -2.20. The molecule has 0 saturated carbocycles. The van der Waals surface area contributed by atoms with Gasteiger partial charge in [-0.05, 0) is 31.8 Å². The molecule has 0 saturated heterocycles. The highest BCUT2D eigenvalue weighted by Crippen LogP contribution is 2.14. The second kappa shape index (κ2) is 9.71. The number of nitrogens with one attached hydrogen (secondary N) is 1. The second-order valence-corrected chi connectivity index (χ2v) is 4.68. The Labute approximate surface area is 102 Å². The normalized spacial score (nSPS) is 12.4. The molecule has 104 valence electrons. The minimum Gasteiger partial charge on any atom is -0.372 e. The van der Waals surface area contributed by atoms with Crippen LogP contribution in [0.15, 0.2) is 0 Å². The molecule has 0 aliphatic rings. The van der Waals surface area contributed by atoms with Gasteiger partial charge in [-0.2, -0.15) is 13.2 Å². The first-order valence-electron chi connectivity index (χ1n) is 6.27. The molecule has 0 atom stereocenters. The molecule has 2 nitrogen and oxygen atoms in total. The minimum absolute atomic E-state index is 0.207. The van der Waals surface area contributed by atoms with E-state index in [0.717, 1.165) is 32.4 Å². The summed E-state index contributed by atoms with van der Waals surface area (Å²) in [6.45, 7) is 5.41. The lowest BCUT2D eigenvalue weighted by atomic mass is 10.2. The third-order valence-electron chi connectivity index (χ3n) is 2.21. The van der Waals surface area contributed by atoms with E-state index in [1.807, 2.05) is 0 Å². The molecule has 0 amide bonds. The molecule has 0 radical (unpaired) electrons. The number of hydrogen-bond acceptors (Lipinski definition) is 2. The van der Waals surface area contributed by atoms with Crippen molar-refractivity contribution in [2.24, 2.45) is 5.92 Å². The molecule has 0 aliphatic heterocycles. The number of hydrogen-bond donors (Lipinski definition) is 1. The Balaban J connectivity index is 3.04. The number of ether oxygens (including phenoxy) is 1. The lowest BCUT2D eigenvalue weighted by Gasteiger charge is -2.08. The molecular formula is C12H24F3NO. The van der Waals surface area contributed by atoms with Crippen LogP contribution in [0.3, 0.4) is 0 Å². The highest BCUT2D eigenvalue weighted by atomic mass is 19.4. The molecule has 0 fully saturated rings. The topological polar surface area (TPSA) is 21.3 Å². The molecule has 0 spiro atoms. The first-order valence-corrected chi connectivity index (χ1v) is 6.27. The van der Waals surface area contributed by atoms with E-state index in [1.54, 1.807) is 0 Å². The summed E-state index contributed by atoms with van der Waals surface area (Å²) in [4.78, 5) is 0. The Kier molecular flexibility index (Phi) is 9.55. The van der Waals surface area contributed by atoms with E-state index in [9.17, 15) is 13.2 Å². The van der Waals surface area contributed by atoms with E-state index in [0.29, 0.717) is 12.3 Å². The Morgan fingerprint density at radius 1 is 1.06 bits per heavy atom. The van der Waals surface area contributed by atoms with Crippen LogP contribution in [-0.4, -0.2) is 32.5 Å². The fourth-order valence-electron chi connectivity index (χ4n) is 1.39. The van der Waals surface area contributed by atoms with Crippen LogP contribution < -0.4 is 5.32 Å². The van der Waals surface area contributed by atoms with Gasteiger partial charge in [0.1, 0.15) is 6.61 Å². The molecular weight excluding hydrogens is 231 g/mol. The third-order valence-corrected chi connectivity index (χ3v) is 2.21. The van der Waals surface area contributed by atoms with Crippen LogP contribution >= 0.6 is 0 Å². The van der Waals surface area contributed by atoms with Crippen molar-refractivity contribution < 1.29 is 17.9 Å². The fourth-order valence-corrected chi connectivity index (χ4v) is 1.39. The van der Waals surface area contributed by atoms with Gasteiger partial charge >= 0.3 is 6.18 Å². The van der Waals surface area contributed by atoms with E-state index in [1.165, 1.54) is 0 Å². The van der Waals surface area contributed by atoms with Gasteiger partial charge in [-0.3, -0.25) is 0 Å². The predicted octanol–water partition coefficient (Wildman–Crippen LogP) is 3.37. The summed E-state index contributed by atoms with van der Waals surface area (Å²) < 4.78 is 39.6. The number of unbranched alkanes of at least 4 members (excludes halogenated alkanes) is 3. The predicted molar refractivity (Wildman–Crippen MR) is 63.0 cm³/mol. The van der Waals surface area contributed by atoms with Crippen LogP contribution in [0.4, 0.5) is 13.2 Å². The first kappa shape index (κ1) is 16.7. The zero-order valence-electron chi connectivity index (χ0n) is 10.8. The van der Waals surface area contributed by atoms with Gasteiger partial charge in [0.15, 0.2) is 0 Å². The molecule has 0 aromatic rings. The Hall–Kier alpha value is -0.290. The molecule has 0 unspecified atom stereocenters. The van der Waals surface area contributed by atoms with Crippen LogP contribution in [0, 0.1) is 5.92 Å². The maximum Gasteiger partial charge on any atom is 0.411 e. The van der Waals surface area contributed by atoms with Gasteiger partial charge in [0, 0.05) is 6.61 Å². The van der Waals surface area contributed by atoms with Crippen molar-refractivity contribution >= 4 is 0 Å². The standard InChI is InChI=1S/C12H24F3NO/c1-11(2)9-16-7-5-3-4-6-8-17-10-12(13,14)15/h11,16H,3-10H2,1-2H3. The summed E-state index contributed by atoms with van der Waals surface area (Å²) in [6, 6.07) is 0. The monoisotopic (exact) mass is 255 g/mol. The van der Waals surface area contributed by atoms with Gasteiger partial charge in [-0.1, -0.05) is 26.7 Å². The summed E-state index contributed by atoms with van der Waals surface area (Å²) in [5.41, 5.74) is 0. The third kappa shape index (κ3) is 15.7. The van der Waals surface area contributed by atoms with Crippen molar-refractivity contribution in [1.29, 1.82) is 0 Å². The SMILES string of the molecule is CC(C)CNCCCCCCOCC(F)(F)F. The Morgan fingerprint density at radius 3 is 2.29 bits per heavy atom. The molecule has 0 aromatic carbocycles. The molecule has 0 bridgehead atoms. The summed E-state index contributed by atoms with van der Waals surface area (Å²) in [7, 11) is 0. The fraction of sp³-hybridized carbons (Fsp3) is 1.00. The molecule has 0 aromatic heterocycles. The molecule has 5 heteroatoms. The van der Waals surface area contributed by atoms with Gasteiger partial charge in [0.05, 0.1) is 0 Å². The molecule has 0 heterocycles. The molecule has 0 rings (SSSR count). The zero-order valence-corrected chi connectivity index (χ0v) is 10.8. The van der Waals surface area contributed by atoms with E-state index in [2.05, 4.69) is 23.9 Å². The average molecular weight is 255 g/mol. The van der Waals surface area contributed by atoms with E-state index < -0.39 is 12.8 Å². The van der Waals surface area contributed by atoms with Crippen molar-refractivity contribution in [3.05, 3.63) is 0 Å². The van der Waals surface area contributed by atoms with Crippen molar-refractivity contribution in [2.75, 3.05) is 26.3 Å². The Bertz CT molecular complexity index is 172. The van der Waals surface area contributed by atoms with Crippen molar-refractivity contribution in [3.8, 4) is 0 Å². The van der Waals surface area contributed by atoms with Gasteiger partial charge in [0.2, 0.25) is 0 Å². The van der Waals surface area contributed by atoms with Crippen LogP contribution in [0.2, 0.25) is 0 Å². The van der Waals surface area contributed by atoms with Crippen LogP contribution in [0.1, 0.15) is 39.5 Å². The number of rotatable bonds is 10. The summed E-state index contributed by atoms with van der Waals surface area (Å²) in [5.74, 6) is 0.658. The molecule has 1 N–H and O–H groups in total. The van der Waals surface area contributed by atoms with E-state index >= 15 is 0 Å². The summed E-state index contributed by atoms with van der Waals surface area (Å²) in [5, 5.41) is 3.33. The smallest absolute Gasteiger partial charge is 0.372 e. The van der Waals surface area contributed by atoms with Crippen molar-refractivity contribution in [1.82, 2.24) is 5.32 Å². The van der Waals surface area contributed by atoms with Crippen LogP contribution in [0.25, 0.3) is 0 Å². The van der Waals surface area contributed by atoms with E-state index in [4.69, 9.17) is 0 Å². The van der Waals surface area contributed by atoms with Crippen molar-refractivity contribution in [2.45, 2.75) is 45.7 Å². The number of alkyl halides is 3. The second-order valence-electron chi connectivity index (χ2n) is 4.68. The summed E-state index contributed by atoms with van der Waals surface area (Å²) >= 11 is 0. The van der Waals surface area contributed by atoms with Gasteiger partial charge in [0.25, 0.3) is 0 Å². The minimum atomic E-state index is -4.19. The van der Waals surface area contributed by atoms with Crippen LogP contribution in [-0.2, 0) is 4.74 Å².